The van der Waals surface area contributed by atoms with Gasteiger partial charge in [0.15, 0.2) is 0 Å². The maximum Gasteiger partial charge on any atom is 0.335 e. The van der Waals surface area contributed by atoms with Crippen LogP contribution >= 0.6 is 11.8 Å². The number of carboxylic acid groups (broad SMARTS) is 1. The second-order valence-corrected chi connectivity index (χ2v) is 5.45. The number of nitrogens with one attached hydrogen (secondary N) is 2. The maximum absolute atomic E-state index is 11.9. The molecule has 3 N–H and O–H groups in total. The summed E-state index contributed by atoms with van der Waals surface area (Å²) in [4.78, 5) is 22.7. The van der Waals surface area contributed by atoms with Gasteiger partial charge in [-0.05, 0) is 17.7 Å². The SMILES string of the molecule is O=C(O)c1cccc(CNC(=O)C2CSCCN2)c1. The Morgan fingerprint density at radius 2 is 2.32 bits per heavy atom. The van der Waals surface area contributed by atoms with Crippen molar-refractivity contribution < 1.29 is 14.7 Å². The molecule has 102 valence electrons. The molecular weight excluding hydrogens is 264 g/mol. The summed E-state index contributed by atoms with van der Waals surface area (Å²) in [5.74, 6) is 0.817. The van der Waals surface area contributed by atoms with Gasteiger partial charge < -0.3 is 15.7 Å². The Kier molecular flexibility index (Phi) is 4.81. The molecule has 1 unspecified atom stereocenters. The van der Waals surface area contributed by atoms with Crippen LogP contribution in [0.1, 0.15) is 15.9 Å². The van der Waals surface area contributed by atoms with Crippen LogP contribution in [0.5, 0.6) is 0 Å². The van der Waals surface area contributed by atoms with Crippen molar-refractivity contribution in [3.63, 3.8) is 0 Å². The van der Waals surface area contributed by atoms with Gasteiger partial charge in [0.25, 0.3) is 0 Å². The number of aromatic carboxylic acids is 1. The fraction of sp³-hybridized carbons (Fsp3) is 0.385. The largest absolute Gasteiger partial charge is 0.478 e. The third kappa shape index (κ3) is 3.97. The number of benzene rings is 1. The van der Waals surface area contributed by atoms with E-state index in [1.807, 2.05) is 0 Å². The maximum atomic E-state index is 11.9. The predicted octanol–water partition coefficient (Wildman–Crippen LogP) is 0.706. The number of carbonyl (C=O) groups excluding carboxylic acids is 1. The topological polar surface area (TPSA) is 78.4 Å². The van der Waals surface area contributed by atoms with Gasteiger partial charge in [-0.25, -0.2) is 4.79 Å². The van der Waals surface area contributed by atoms with Gasteiger partial charge in [-0.15, -0.1) is 0 Å². The fourth-order valence-corrected chi connectivity index (χ4v) is 2.79. The Bertz CT molecular complexity index is 473. The summed E-state index contributed by atoms with van der Waals surface area (Å²) < 4.78 is 0. The Balaban J connectivity index is 1.89. The summed E-state index contributed by atoms with van der Waals surface area (Å²) in [6, 6.07) is 6.44. The summed E-state index contributed by atoms with van der Waals surface area (Å²) in [6.45, 7) is 1.19. The highest BCUT2D eigenvalue weighted by atomic mass is 32.2. The van der Waals surface area contributed by atoms with Crippen molar-refractivity contribution in [1.82, 2.24) is 10.6 Å². The van der Waals surface area contributed by atoms with Crippen LogP contribution in [0.25, 0.3) is 0 Å². The van der Waals surface area contributed by atoms with E-state index in [4.69, 9.17) is 5.11 Å². The van der Waals surface area contributed by atoms with E-state index in [0.717, 1.165) is 23.6 Å². The van der Waals surface area contributed by atoms with E-state index in [9.17, 15) is 9.59 Å². The standard InChI is InChI=1S/C13H16N2O3S/c16-12(11-8-19-5-4-14-11)15-7-9-2-1-3-10(6-9)13(17)18/h1-3,6,11,14H,4-5,7-8H2,(H,15,16)(H,17,18). The van der Waals surface area contributed by atoms with Crippen LogP contribution in [0.2, 0.25) is 0 Å². The molecule has 0 aliphatic carbocycles. The van der Waals surface area contributed by atoms with Gasteiger partial charge in [0.05, 0.1) is 11.6 Å². The van der Waals surface area contributed by atoms with Crippen LogP contribution in [0, 0.1) is 0 Å². The smallest absolute Gasteiger partial charge is 0.335 e. The molecule has 1 heterocycles. The van der Waals surface area contributed by atoms with E-state index >= 15 is 0 Å². The summed E-state index contributed by atoms with van der Waals surface area (Å²) >= 11 is 1.76. The Morgan fingerprint density at radius 1 is 1.47 bits per heavy atom. The molecule has 5 nitrogen and oxygen atoms in total. The summed E-state index contributed by atoms with van der Waals surface area (Å²) in [5, 5.41) is 14.9. The van der Waals surface area contributed by atoms with Crippen LogP contribution < -0.4 is 10.6 Å². The molecule has 1 atom stereocenters. The number of thioether (sulfide) groups is 1. The van der Waals surface area contributed by atoms with Gasteiger partial charge in [0, 0.05) is 24.6 Å². The van der Waals surface area contributed by atoms with Gasteiger partial charge >= 0.3 is 5.97 Å². The van der Waals surface area contributed by atoms with Crippen molar-refractivity contribution in [3.05, 3.63) is 35.4 Å². The zero-order chi connectivity index (χ0) is 13.7. The number of rotatable bonds is 4. The van der Waals surface area contributed by atoms with Crippen molar-refractivity contribution in [2.75, 3.05) is 18.1 Å². The predicted molar refractivity (Wildman–Crippen MR) is 74.4 cm³/mol. The first-order chi connectivity index (χ1) is 9.16. The molecule has 2 rings (SSSR count). The number of hydrogen-bond donors (Lipinski definition) is 3. The van der Waals surface area contributed by atoms with E-state index in [1.54, 1.807) is 30.0 Å². The molecule has 0 radical (unpaired) electrons. The number of hydrogen-bond acceptors (Lipinski definition) is 4. The highest BCUT2D eigenvalue weighted by molar-refractivity contribution is 7.99. The van der Waals surface area contributed by atoms with Gasteiger partial charge in [-0.3, -0.25) is 4.79 Å². The highest BCUT2D eigenvalue weighted by Gasteiger charge is 2.20. The average molecular weight is 280 g/mol. The number of carboxylic acids is 1. The number of carbonyl (C=O) groups is 2. The van der Waals surface area contributed by atoms with Gasteiger partial charge in [-0.1, -0.05) is 12.1 Å². The normalized spacial score (nSPS) is 18.8. The third-order valence-electron chi connectivity index (χ3n) is 2.88. The molecule has 19 heavy (non-hydrogen) atoms. The first-order valence-corrected chi connectivity index (χ1v) is 7.23. The monoisotopic (exact) mass is 280 g/mol. The second kappa shape index (κ2) is 6.58. The molecule has 1 saturated heterocycles. The Labute approximate surface area is 115 Å². The highest BCUT2D eigenvalue weighted by Crippen LogP contribution is 2.08. The lowest BCUT2D eigenvalue weighted by Gasteiger charge is -2.22. The van der Waals surface area contributed by atoms with E-state index in [0.29, 0.717) is 6.54 Å². The van der Waals surface area contributed by atoms with Crippen LogP contribution in [0.3, 0.4) is 0 Å². The molecule has 0 bridgehead atoms. The van der Waals surface area contributed by atoms with Gasteiger partial charge in [0.1, 0.15) is 0 Å². The minimum Gasteiger partial charge on any atom is -0.478 e. The zero-order valence-electron chi connectivity index (χ0n) is 10.4. The summed E-state index contributed by atoms with van der Waals surface area (Å²) in [5.41, 5.74) is 1.02. The van der Waals surface area contributed by atoms with Crippen molar-refractivity contribution in [2.45, 2.75) is 12.6 Å². The number of amides is 1. The Morgan fingerprint density at radius 3 is 3.00 bits per heavy atom. The van der Waals surface area contributed by atoms with E-state index < -0.39 is 5.97 Å². The molecule has 1 aromatic carbocycles. The zero-order valence-corrected chi connectivity index (χ0v) is 11.2. The molecule has 1 aliphatic rings. The lowest BCUT2D eigenvalue weighted by Crippen LogP contribution is -2.48. The van der Waals surface area contributed by atoms with Crippen LogP contribution in [-0.4, -0.2) is 41.1 Å². The van der Waals surface area contributed by atoms with Gasteiger partial charge in [0.2, 0.25) is 5.91 Å². The van der Waals surface area contributed by atoms with Crippen LogP contribution in [-0.2, 0) is 11.3 Å². The molecule has 1 aromatic rings. The first-order valence-electron chi connectivity index (χ1n) is 6.08. The Hall–Kier alpha value is -1.53. The van der Waals surface area contributed by atoms with Crippen LogP contribution in [0.4, 0.5) is 0 Å². The van der Waals surface area contributed by atoms with E-state index in [1.165, 1.54) is 6.07 Å². The first kappa shape index (κ1) is 13.9. The summed E-state index contributed by atoms with van der Waals surface area (Å²) in [7, 11) is 0. The molecule has 0 spiro atoms. The molecule has 1 fully saturated rings. The molecule has 1 amide bonds. The average Bonchev–Trinajstić information content (AvgIpc) is 2.46. The van der Waals surface area contributed by atoms with E-state index in [2.05, 4.69) is 10.6 Å². The summed E-state index contributed by atoms with van der Waals surface area (Å²) in [6.07, 6.45) is 0. The van der Waals surface area contributed by atoms with Crippen LogP contribution in [0.15, 0.2) is 24.3 Å². The second-order valence-electron chi connectivity index (χ2n) is 4.30. The third-order valence-corrected chi connectivity index (χ3v) is 3.94. The molecule has 1 aliphatic heterocycles. The lowest BCUT2D eigenvalue weighted by atomic mass is 10.1. The quantitative estimate of drug-likeness (QED) is 0.757. The van der Waals surface area contributed by atoms with E-state index in [-0.39, 0.29) is 17.5 Å². The van der Waals surface area contributed by atoms with Crippen molar-refractivity contribution in [1.29, 1.82) is 0 Å². The lowest BCUT2D eigenvalue weighted by molar-refractivity contribution is -0.122. The fourth-order valence-electron chi connectivity index (χ4n) is 1.86. The van der Waals surface area contributed by atoms with Gasteiger partial charge in [-0.2, -0.15) is 11.8 Å². The minimum absolute atomic E-state index is 0.0343. The molecule has 0 aromatic heterocycles. The molecule has 0 saturated carbocycles. The van der Waals surface area contributed by atoms with Crippen molar-refractivity contribution >= 4 is 23.6 Å². The van der Waals surface area contributed by atoms with Crippen molar-refractivity contribution in [3.8, 4) is 0 Å². The van der Waals surface area contributed by atoms with Crippen molar-refractivity contribution in [2.24, 2.45) is 0 Å². The minimum atomic E-state index is -0.960. The molecule has 6 heteroatoms. The molecular formula is C13H16N2O3S.